The number of piperidine rings is 1. The molecule has 1 saturated heterocycles. The molecule has 1 amide bonds. The molecule has 4 rings (SSSR count). The summed E-state index contributed by atoms with van der Waals surface area (Å²) in [6.45, 7) is -0.489. The summed E-state index contributed by atoms with van der Waals surface area (Å²) in [6, 6.07) is 10.1. The van der Waals surface area contributed by atoms with Gasteiger partial charge >= 0.3 is 5.97 Å². The van der Waals surface area contributed by atoms with E-state index in [9.17, 15) is 26.8 Å². The van der Waals surface area contributed by atoms with Crippen molar-refractivity contribution in [2.45, 2.75) is 43.0 Å². The van der Waals surface area contributed by atoms with Crippen LogP contribution in [0.15, 0.2) is 47.4 Å². The fourth-order valence-corrected chi connectivity index (χ4v) is 6.09. The van der Waals surface area contributed by atoms with E-state index in [0.717, 1.165) is 41.3 Å². The van der Waals surface area contributed by atoms with Crippen LogP contribution in [0.1, 0.15) is 42.9 Å². The quantitative estimate of drug-likeness (QED) is 0.626. The molecule has 7 nitrogen and oxygen atoms in total. The van der Waals surface area contributed by atoms with Crippen LogP contribution in [0, 0.1) is 17.6 Å². The van der Waals surface area contributed by atoms with Gasteiger partial charge in [0.15, 0.2) is 6.61 Å². The van der Waals surface area contributed by atoms with Crippen molar-refractivity contribution in [1.82, 2.24) is 9.62 Å². The molecule has 182 valence electrons. The number of ether oxygens (including phenoxy) is 1. The lowest BCUT2D eigenvalue weighted by Crippen LogP contribution is -2.41. The van der Waals surface area contributed by atoms with E-state index in [1.807, 2.05) is 24.3 Å². The van der Waals surface area contributed by atoms with Gasteiger partial charge in [0.1, 0.15) is 16.5 Å². The molecule has 0 saturated carbocycles. The maximum Gasteiger partial charge on any atom is 0.309 e. The number of carbonyl (C=O) groups is 2. The highest BCUT2D eigenvalue weighted by Crippen LogP contribution is 2.29. The van der Waals surface area contributed by atoms with Gasteiger partial charge in [-0.05, 0) is 61.4 Å². The molecule has 0 radical (unpaired) electrons. The van der Waals surface area contributed by atoms with Crippen LogP contribution in [0.5, 0.6) is 0 Å². The first-order chi connectivity index (χ1) is 16.3. The lowest BCUT2D eigenvalue weighted by atomic mass is 9.88. The number of hydrogen-bond acceptors (Lipinski definition) is 5. The van der Waals surface area contributed by atoms with E-state index in [1.165, 1.54) is 5.56 Å². The van der Waals surface area contributed by atoms with Crippen molar-refractivity contribution in [3.63, 3.8) is 0 Å². The lowest BCUT2D eigenvalue weighted by Gasteiger charge is -2.30. The number of hydrogen-bond donors (Lipinski definition) is 1. The average Bonchev–Trinajstić information content (AvgIpc) is 2.84. The molecule has 2 aromatic rings. The van der Waals surface area contributed by atoms with Crippen LogP contribution in [-0.4, -0.2) is 44.3 Å². The lowest BCUT2D eigenvalue weighted by molar-refractivity contribution is -0.153. The minimum Gasteiger partial charge on any atom is -0.455 e. The number of benzene rings is 2. The second-order valence-corrected chi connectivity index (χ2v) is 10.5. The third kappa shape index (κ3) is 5.28. The Kier molecular flexibility index (Phi) is 7.27. The van der Waals surface area contributed by atoms with Gasteiger partial charge in [-0.3, -0.25) is 9.59 Å². The van der Waals surface area contributed by atoms with Crippen molar-refractivity contribution in [3.8, 4) is 0 Å². The molecule has 0 bridgehead atoms. The van der Waals surface area contributed by atoms with Crippen molar-refractivity contribution in [2.75, 3.05) is 19.7 Å². The highest BCUT2D eigenvalue weighted by molar-refractivity contribution is 7.89. The molecular formula is C24H26F2N2O5S. The molecule has 1 N–H and O–H groups in total. The van der Waals surface area contributed by atoms with Gasteiger partial charge in [0.25, 0.3) is 5.91 Å². The zero-order valence-corrected chi connectivity index (χ0v) is 19.3. The second-order valence-electron chi connectivity index (χ2n) is 8.57. The van der Waals surface area contributed by atoms with Gasteiger partial charge in [0.05, 0.1) is 12.0 Å². The minimum atomic E-state index is -4.23. The number of fused-ring (bicyclic) bond motifs is 1. The number of halogens is 2. The van der Waals surface area contributed by atoms with Gasteiger partial charge in [-0.1, -0.05) is 24.3 Å². The van der Waals surface area contributed by atoms with Crippen molar-refractivity contribution in [3.05, 3.63) is 65.2 Å². The first-order valence-electron chi connectivity index (χ1n) is 11.2. The topological polar surface area (TPSA) is 92.8 Å². The van der Waals surface area contributed by atoms with Gasteiger partial charge < -0.3 is 10.1 Å². The third-order valence-electron chi connectivity index (χ3n) is 6.35. The molecule has 1 heterocycles. The Bertz CT molecular complexity index is 1180. The normalized spacial score (nSPS) is 19.3. The molecule has 34 heavy (non-hydrogen) atoms. The predicted octanol–water partition coefficient (Wildman–Crippen LogP) is 3.10. The van der Waals surface area contributed by atoms with Gasteiger partial charge in [0, 0.05) is 13.1 Å². The van der Waals surface area contributed by atoms with Crippen LogP contribution < -0.4 is 5.32 Å². The first-order valence-corrected chi connectivity index (χ1v) is 12.7. The zero-order valence-electron chi connectivity index (χ0n) is 18.5. The van der Waals surface area contributed by atoms with Crippen LogP contribution in [0.3, 0.4) is 0 Å². The monoisotopic (exact) mass is 492 g/mol. The number of amides is 1. The van der Waals surface area contributed by atoms with Crippen molar-refractivity contribution in [2.24, 2.45) is 5.92 Å². The van der Waals surface area contributed by atoms with E-state index >= 15 is 0 Å². The van der Waals surface area contributed by atoms with Crippen LogP contribution in [0.4, 0.5) is 8.78 Å². The summed E-state index contributed by atoms with van der Waals surface area (Å²) in [5.41, 5.74) is 2.28. The highest BCUT2D eigenvalue weighted by Gasteiger charge is 2.34. The molecule has 10 heteroatoms. The molecule has 1 aliphatic heterocycles. The number of rotatable bonds is 6. The van der Waals surface area contributed by atoms with Gasteiger partial charge in [-0.25, -0.2) is 17.2 Å². The summed E-state index contributed by atoms with van der Waals surface area (Å²) >= 11 is 0. The Morgan fingerprint density at radius 3 is 2.56 bits per heavy atom. The SMILES string of the molecule is O=C(COC(=O)C1CCN(S(=O)(=O)c2cc(F)ccc2F)CC1)NC1CCCc2ccccc21. The molecule has 0 spiro atoms. The minimum absolute atomic E-state index is 0.0386. The molecule has 0 aromatic heterocycles. The van der Waals surface area contributed by atoms with Crippen molar-refractivity contribution in [1.29, 1.82) is 0 Å². The van der Waals surface area contributed by atoms with E-state index in [1.54, 1.807) is 0 Å². The summed E-state index contributed by atoms with van der Waals surface area (Å²) in [6.07, 6.45) is 3.06. The maximum absolute atomic E-state index is 14.0. The molecule has 1 atom stereocenters. The van der Waals surface area contributed by atoms with E-state index < -0.39 is 51.0 Å². The van der Waals surface area contributed by atoms with Crippen LogP contribution >= 0.6 is 0 Å². The van der Waals surface area contributed by atoms with Crippen LogP contribution in [0.25, 0.3) is 0 Å². The number of sulfonamides is 1. The number of nitrogens with zero attached hydrogens (tertiary/aromatic N) is 1. The van der Waals surface area contributed by atoms with Gasteiger partial charge in [0.2, 0.25) is 10.0 Å². The summed E-state index contributed by atoms with van der Waals surface area (Å²) in [7, 11) is -4.23. The molecule has 1 fully saturated rings. The Hall–Kier alpha value is -2.85. The number of esters is 1. The predicted molar refractivity (Wildman–Crippen MR) is 119 cm³/mol. The molecule has 2 aromatic carbocycles. The van der Waals surface area contributed by atoms with Crippen LogP contribution in [-0.2, 0) is 30.8 Å². The van der Waals surface area contributed by atoms with Crippen molar-refractivity contribution < 1.29 is 31.5 Å². The Balaban J connectivity index is 1.27. The fraction of sp³-hybridized carbons (Fsp3) is 0.417. The van der Waals surface area contributed by atoms with E-state index in [-0.39, 0.29) is 32.0 Å². The standard InChI is InChI=1S/C24H26F2N2O5S/c25-18-8-9-20(26)22(14-18)34(31,32)28-12-10-17(11-13-28)24(30)33-15-23(29)27-21-7-3-5-16-4-1-2-6-19(16)21/h1-2,4,6,8-9,14,17,21H,3,5,7,10-13,15H2,(H,27,29). The Morgan fingerprint density at radius 2 is 1.79 bits per heavy atom. The summed E-state index contributed by atoms with van der Waals surface area (Å²) in [5.74, 6) is -3.43. The number of nitrogens with one attached hydrogen (secondary N) is 1. The summed E-state index contributed by atoms with van der Waals surface area (Å²) in [5, 5.41) is 2.92. The van der Waals surface area contributed by atoms with Crippen LogP contribution in [0.2, 0.25) is 0 Å². The van der Waals surface area contributed by atoms with E-state index in [4.69, 9.17) is 4.74 Å². The van der Waals surface area contributed by atoms with E-state index in [0.29, 0.717) is 6.07 Å². The average molecular weight is 493 g/mol. The van der Waals surface area contributed by atoms with Gasteiger partial charge in [-0.2, -0.15) is 4.31 Å². The zero-order chi connectivity index (χ0) is 24.3. The fourth-order valence-electron chi connectivity index (χ4n) is 4.54. The third-order valence-corrected chi connectivity index (χ3v) is 8.26. The Morgan fingerprint density at radius 1 is 1.06 bits per heavy atom. The molecular weight excluding hydrogens is 466 g/mol. The molecule has 1 aliphatic carbocycles. The van der Waals surface area contributed by atoms with E-state index in [2.05, 4.69) is 5.32 Å². The largest absolute Gasteiger partial charge is 0.455 e. The molecule has 1 unspecified atom stereocenters. The van der Waals surface area contributed by atoms with Gasteiger partial charge in [-0.15, -0.1) is 0 Å². The maximum atomic E-state index is 14.0. The van der Waals surface area contributed by atoms with Crippen molar-refractivity contribution >= 4 is 21.9 Å². The number of aryl methyl sites for hydroxylation is 1. The Labute approximate surface area is 197 Å². The summed E-state index contributed by atoms with van der Waals surface area (Å²) in [4.78, 5) is 24.1. The second kappa shape index (κ2) is 10.2. The summed E-state index contributed by atoms with van der Waals surface area (Å²) < 4.78 is 59.0. The highest BCUT2D eigenvalue weighted by atomic mass is 32.2. The smallest absolute Gasteiger partial charge is 0.309 e. The molecule has 2 aliphatic rings. The number of carbonyl (C=O) groups excluding carboxylic acids is 2. The first kappa shape index (κ1) is 24.3.